The van der Waals surface area contributed by atoms with E-state index >= 15 is 0 Å². The Bertz CT molecular complexity index is 1180. The van der Waals surface area contributed by atoms with Gasteiger partial charge in [-0.2, -0.15) is 0 Å². The molecule has 142 valence electrons. The van der Waals surface area contributed by atoms with Crippen molar-refractivity contribution in [1.29, 1.82) is 0 Å². The van der Waals surface area contributed by atoms with E-state index in [1.807, 2.05) is 23.6 Å². The van der Waals surface area contributed by atoms with Gasteiger partial charge in [0.25, 0.3) is 0 Å². The minimum absolute atomic E-state index is 0.188. The smallest absolute Gasteiger partial charge is 0.240 e. The molecule has 0 atom stereocenters. The maximum Gasteiger partial charge on any atom is 0.240 e. The number of rotatable bonds is 6. The maximum absolute atomic E-state index is 12.6. The standard InChI is InChI=1S/C20H17N3O3S2/c1-14-23-19(13-26-14)16-4-6-17(7-5-16)28(24,25)22-12-15-8-9-21-18(11-15)20-3-2-10-27-20/h2-11,13,22H,12H2,1H3. The molecule has 1 aromatic carbocycles. The third kappa shape index (κ3) is 4.04. The van der Waals surface area contributed by atoms with Crippen molar-refractivity contribution in [3.8, 4) is 21.8 Å². The Morgan fingerprint density at radius 1 is 1.11 bits per heavy atom. The highest BCUT2D eigenvalue weighted by molar-refractivity contribution is 7.89. The van der Waals surface area contributed by atoms with Gasteiger partial charge in [0, 0.05) is 25.2 Å². The molecule has 0 bridgehead atoms. The predicted octanol–water partition coefficient (Wildman–Crippen LogP) is 4.25. The number of benzene rings is 1. The van der Waals surface area contributed by atoms with Crippen molar-refractivity contribution < 1.29 is 12.8 Å². The number of pyridine rings is 1. The van der Waals surface area contributed by atoms with Gasteiger partial charge in [-0.1, -0.05) is 18.2 Å². The molecule has 3 aromatic heterocycles. The van der Waals surface area contributed by atoms with Gasteiger partial charge >= 0.3 is 0 Å². The second-order valence-electron chi connectivity index (χ2n) is 6.13. The summed E-state index contributed by atoms with van der Waals surface area (Å²) in [6, 6.07) is 14.2. The molecule has 0 aliphatic rings. The van der Waals surface area contributed by atoms with Crippen LogP contribution in [0.2, 0.25) is 0 Å². The molecular formula is C20H17N3O3S2. The molecule has 1 N–H and O–H groups in total. The molecule has 0 saturated carbocycles. The van der Waals surface area contributed by atoms with E-state index in [1.165, 1.54) is 0 Å². The fourth-order valence-electron chi connectivity index (χ4n) is 2.71. The lowest BCUT2D eigenvalue weighted by Crippen LogP contribution is -2.23. The van der Waals surface area contributed by atoms with E-state index in [-0.39, 0.29) is 11.4 Å². The van der Waals surface area contributed by atoms with E-state index in [2.05, 4.69) is 14.7 Å². The fraction of sp³-hybridized carbons (Fsp3) is 0.100. The molecule has 0 radical (unpaired) electrons. The van der Waals surface area contributed by atoms with Crippen LogP contribution >= 0.6 is 11.3 Å². The molecule has 0 amide bonds. The lowest BCUT2D eigenvalue weighted by molar-refractivity contribution is 0.521. The largest absolute Gasteiger partial charge is 0.449 e. The Balaban J connectivity index is 1.48. The molecule has 0 saturated heterocycles. The lowest BCUT2D eigenvalue weighted by Gasteiger charge is -2.08. The van der Waals surface area contributed by atoms with Gasteiger partial charge in [0.1, 0.15) is 12.0 Å². The zero-order valence-electron chi connectivity index (χ0n) is 15.0. The molecule has 28 heavy (non-hydrogen) atoms. The van der Waals surface area contributed by atoms with Gasteiger partial charge in [-0.25, -0.2) is 18.1 Å². The number of thiophene rings is 1. The zero-order chi connectivity index (χ0) is 19.6. The molecule has 3 heterocycles. The van der Waals surface area contributed by atoms with Crippen molar-refractivity contribution in [2.45, 2.75) is 18.4 Å². The van der Waals surface area contributed by atoms with Crippen LogP contribution < -0.4 is 4.72 Å². The van der Waals surface area contributed by atoms with Gasteiger partial charge in [-0.15, -0.1) is 11.3 Å². The average Bonchev–Trinajstić information content (AvgIpc) is 3.39. The molecule has 0 aliphatic heterocycles. The normalized spacial score (nSPS) is 11.6. The summed E-state index contributed by atoms with van der Waals surface area (Å²) in [4.78, 5) is 9.83. The number of sulfonamides is 1. The zero-order valence-corrected chi connectivity index (χ0v) is 16.6. The van der Waals surface area contributed by atoms with Gasteiger partial charge in [0.05, 0.1) is 15.5 Å². The first-order chi connectivity index (χ1) is 13.5. The first-order valence-electron chi connectivity index (χ1n) is 8.52. The highest BCUT2D eigenvalue weighted by Gasteiger charge is 2.15. The average molecular weight is 412 g/mol. The van der Waals surface area contributed by atoms with Crippen LogP contribution in [0.4, 0.5) is 0 Å². The van der Waals surface area contributed by atoms with Crippen molar-refractivity contribution in [2.24, 2.45) is 0 Å². The topological polar surface area (TPSA) is 85.1 Å². The van der Waals surface area contributed by atoms with Gasteiger partial charge in [0.2, 0.25) is 10.0 Å². The predicted molar refractivity (Wildman–Crippen MR) is 108 cm³/mol. The Morgan fingerprint density at radius 2 is 1.93 bits per heavy atom. The van der Waals surface area contributed by atoms with E-state index in [0.29, 0.717) is 11.6 Å². The summed E-state index contributed by atoms with van der Waals surface area (Å²) in [5.74, 6) is 0.563. The summed E-state index contributed by atoms with van der Waals surface area (Å²) in [5, 5.41) is 1.98. The van der Waals surface area contributed by atoms with Gasteiger partial charge in [0.15, 0.2) is 5.89 Å². The molecule has 4 rings (SSSR count). The number of aryl methyl sites for hydroxylation is 1. The summed E-state index contributed by atoms with van der Waals surface area (Å²) in [6.45, 7) is 1.95. The highest BCUT2D eigenvalue weighted by atomic mass is 32.2. The monoisotopic (exact) mass is 411 g/mol. The Kier molecular flexibility index (Phi) is 5.08. The van der Waals surface area contributed by atoms with E-state index in [9.17, 15) is 8.42 Å². The van der Waals surface area contributed by atoms with Crippen LogP contribution in [0.1, 0.15) is 11.5 Å². The van der Waals surface area contributed by atoms with E-state index in [1.54, 1.807) is 61.1 Å². The lowest BCUT2D eigenvalue weighted by atomic mass is 10.2. The Hall–Kier alpha value is -2.81. The van der Waals surface area contributed by atoms with Crippen molar-refractivity contribution in [3.63, 3.8) is 0 Å². The number of aromatic nitrogens is 2. The van der Waals surface area contributed by atoms with Crippen molar-refractivity contribution in [2.75, 3.05) is 0 Å². The summed E-state index contributed by atoms with van der Waals surface area (Å²) in [6.07, 6.45) is 3.24. The Morgan fingerprint density at radius 3 is 2.61 bits per heavy atom. The number of nitrogens with zero attached hydrogens (tertiary/aromatic N) is 2. The molecule has 0 aliphatic carbocycles. The highest BCUT2D eigenvalue weighted by Crippen LogP contribution is 2.24. The Labute approximate surface area is 167 Å². The van der Waals surface area contributed by atoms with E-state index in [4.69, 9.17) is 4.42 Å². The van der Waals surface area contributed by atoms with Crippen LogP contribution in [-0.2, 0) is 16.6 Å². The van der Waals surface area contributed by atoms with E-state index < -0.39 is 10.0 Å². The summed E-state index contributed by atoms with van der Waals surface area (Å²) < 4.78 is 33.1. The third-order valence-electron chi connectivity index (χ3n) is 4.14. The number of nitrogens with one attached hydrogen (secondary N) is 1. The maximum atomic E-state index is 12.6. The molecular weight excluding hydrogens is 394 g/mol. The van der Waals surface area contributed by atoms with Gasteiger partial charge < -0.3 is 4.42 Å². The summed E-state index contributed by atoms with van der Waals surface area (Å²) in [7, 11) is -3.63. The summed E-state index contributed by atoms with van der Waals surface area (Å²) in [5.41, 5.74) is 3.15. The molecule has 0 unspecified atom stereocenters. The molecule has 0 fully saturated rings. The van der Waals surface area contributed by atoms with E-state index in [0.717, 1.165) is 21.7 Å². The SMILES string of the molecule is Cc1nc(-c2ccc(S(=O)(=O)NCc3ccnc(-c4cccs4)c3)cc2)co1. The third-order valence-corrected chi connectivity index (χ3v) is 6.45. The molecule has 0 spiro atoms. The first kappa shape index (κ1) is 18.5. The summed E-state index contributed by atoms with van der Waals surface area (Å²) >= 11 is 1.59. The molecule has 8 heteroatoms. The van der Waals surface area contributed by atoms with Crippen LogP contribution in [0.15, 0.2) is 75.7 Å². The number of hydrogen-bond donors (Lipinski definition) is 1. The number of hydrogen-bond acceptors (Lipinski definition) is 6. The second-order valence-corrected chi connectivity index (χ2v) is 8.84. The number of oxazole rings is 1. The fourth-order valence-corrected chi connectivity index (χ4v) is 4.42. The van der Waals surface area contributed by atoms with Crippen molar-refractivity contribution >= 4 is 21.4 Å². The quantitative estimate of drug-likeness (QED) is 0.513. The minimum Gasteiger partial charge on any atom is -0.449 e. The van der Waals surface area contributed by atoms with Crippen LogP contribution in [0.25, 0.3) is 21.8 Å². The first-order valence-corrected chi connectivity index (χ1v) is 10.9. The molecule has 4 aromatic rings. The van der Waals surface area contributed by atoms with Gasteiger partial charge in [-0.3, -0.25) is 4.98 Å². The minimum atomic E-state index is -3.63. The molecule has 6 nitrogen and oxygen atoms in total. The van der Waals surface area contributed by atoms with Crippen LogP contribution in [0, 0.1) is 6.92 Å². The van der Waals surface area contributed by atoms with Crippen LogP contribution in [-0.4, -0.2) is 18.4 Å². The van der Waals surface area contributed by atoms with Crippen molar-refractivity contribution in [1.82, 2.24) is 14.7 Å². The van der Waals surface area contributed by atoms with Crippen LogP contribution in [0.3, 0.4) is 0 Å². The second kappa shape index (κ2) is 7.67. The van der Waals surface area contributed by atoms with Crippen LogP contribution in [0.5, 0.6) is 0 Å². The van der Waals surface area contributed by atoms with Gasteiger partial charge in [-0.05, 0) is 41.3 Å². The van der Waals surface area contributed by atoms with Crippen molar-refractivity contribution in [3.05, 3.63) is 77.8 Å².